The average molecular weight is 357 g/mol. The summed E-state index contributed by atoms with van der Waals surface area (Å²) in [6, 6.07) is 9.86. The molecule has 0 saturated heterocycles. The smallest absolute Gasteiger partial charge is 0.273 e. The van der Waals surface area contributed by atoms with Gasteiger partial charge in [0.1, 0.15) is 11.7 Å². The van der Waals surface area contributed by atoms with Gasteiger partial charge in [0.25, 0.3) is 5.91 Å². The molecule has 132 valence electrons. The van der Waals surface area contributed by atoms with E-state index >= 15 is 0 Å². The van der Waals surface area contributed by atoms with Gasteiger partial charge in [-0.05, 0) is 40.5 Å². The lowest BCUT2D eigenvalue weighted by Crippen LogP contribution is -2.30. The Balaban J connectivity index is 1.58. The maximum Gasteiger partial charge on any atom is 0.273 e. The average Bonchev–Trinajstić information content (AvgIpc) is 3.47. The number of fused-ring (bicyclic) bond motifs is 1. The number of pyridine rings is 1. The molecule has 27 heavy (non-hydrogen) atoms. The van der Waals surface area contributed by atoms with Crippen LogP contribution in [0.25, 0.3) is 11.1 Å². The summed E-state index contributed by atoms with van der Waals surface area (Å²) >= 11 is 0. The lowest BCUT2D eigenvalue weighted by atomic mass is 9.98. The van der Waals surface area contributed by atoms with E-state index in [0.717, 1.165) is 22.3 Å². The fourth-order valence-corrected chi connectivity index (χ4v) is 3.56. The van der Waals surface area contributed by atoms with Gasteiger partial charge >= 0.3 is 0 Å². The SMILES string of the molecule is O=C(c1cnc[nH]1)N1Cc2cc(-c3ccncc3)ccc2[C@@H]1c1cnco1. The van der Waals surface area contributed by atoms with Crippen molar-refractivity contribution >= 4 is 5.91 Å². The quantitative estimate of drug-likeness (QED) is 0.608. The summed E-state index contributed by atoms with van der Waals surface area (Å²) in [5.74, 6) is 0.508. The number of H-pyrrole nitrogens is 1. The van der Waals surface area contributed by atoms with Crippen molar-refractivity contribution in [2.24, 2.45) is 0 Å². The third-order valence-corrected chi connectivity index (χ3v) is 4.81. The van der Waals surface area contributed by atoms with Crippen molar-refractivity contribution in [3.8, 4) is 11.1 Å². The van der Waals surface area contributed by atoms with Gasteiger partial charge in [-0.25, -0.2) is 9.97 Å². The minimum atomic E-state index is -0.315. The van der Waals surface area contributed by atoms with Crippen molar-refractivity contribution in [3.63, 3.8) is 0 Å². The van der Waals surface area contributed by atoms with Crippen molar-refractivity contribution in [1.29, 1.82) is 0 Å². The number of oxazole rings is 1. The number of imidazole rings is 1. The van der Waals surface area contributed by atoms with Crippen LogP contribution < -0.4 is 0 Å². The van der Waals surface area contributed by atoms with E-state index in [2.05, 4.69) is 38.1 Å². The topological polar surface area (TPSA) is 87.9 Å². The first-order valence-corrected chi connectivity index (χ1v) is 8.52. The van der Waals surface area contributed by atoms with Gasteiger partial charge in [0.05, 0.1) is 18.7 Å². The number of aromatic nitrogens is 4. The summed E-state index contributed by atoms with van der Waals surface area (Å²) in [5.41, 5.74) is 4.74. The van der Waals surface area contributed by atoms with Gasteiger partial charge in [-0.15, -0.1) is 0 Å². The van der Waals surface area contributed by atoms with E-state index in [1.165, 1.54) is 18.9 Å². The number of carbonyl (C=O) groups excluding carboxylic acids is 1. The number of nitrogens with zero attached hydrogens (tertiary/aromatic N) is 4. The Morgan fingerprint density at radius 1 is 1.07 bits per heavy atom. The van der Waals surface area contributed by atoms with Crippen molar-refractivity contribution in [3.05, 3.63) is 90.4 Å². The second kappa shape index (κ2) is 6.21. The normalized spacial score (nSPS) is 15.7. The van der Waals surface area contributed by atoms with Crippen LogP contribution in [0, 0.1) is 0 Å². The lowest BCUT2D eigenvalue weighted by Gasteiger charge is -2.22. The summed E-state index contributed by atoms with van der Waals surface area (Å²) in [7, 11) is 0. The van der Waals surface area contributed by atoms with Crippen LogP contribution in [-0.4, -0.2) is 30.7 Å². The molecule has 1 aromatic carbocycles. The maximum atomic E-state index is 13.0. The molecule has 3 aromatic heterocycles. The molecule has 0 aliphatic carbocycles. The monoisotopic (exact) mass is 357 g/mol. The lowest BCUT2D eigenvalue weighted by molar-refractivity contribution is 0.0698. The highest BCUT2D eigenvalue weighted by Crippen LogP contribution is 2.40. The summed E-state index contributed by atoms with van der Waals surface area (Å²) in [6.45, 7) is 0.484. The highest BCUT2D eigenvalue weighted by Gasteiger charge is 2.37. The second-order valence-electron chi connectivity index (χ2n) is 6.35. The van der Waals surface area contributed by atoms with Crippen molar-refractivity contribution in [2.75, 3.05) is 0 Å². The number of aromatic amines is 1. The first-order valence-electron chi connectivity index (χ1n) is 8.52. The Hall–Kier alpha value is -3.74. The Morgan fingerprint density at radius 2 is 1.96 bits per heavy atom. The minimum absolute atomic E-state index is 0.129. The second-order valence-corrected chi connectivity index (χ2v) is 6.35. The molecule has 0 bridgehead atoms. The maximum absolute atomic E-state index is 13.0. The fourth-order valence-electron chi connectivity index (χ4n) is 3.56. The van der Waals surface area contributed by atoms with Crippen LogP contribution in [0.4, 0.5) is 0 Å². The molecule has 1 aliphatic rings. The van der Waals surface area contributed by atoms with E-state index in [-0.39, 0.29) is 11.9 Å². The van der Waals surface area contributed by atoms with E-state index in [9.17, 15) is 4.79 Å². The molecule has 0 spiro atoms. The van der Waals surface area contributed by atoms with Gasteiger partial charge < -0.3 is 14.3 Å². The van der Waals surface area contributed by atoms with E-state index < -0.39 is 0 Å². The number of hydrogen-bond donors (Lipinski definition) is 1. The van der Waals surface area contributed by atoms with Crippen molar-refractivity contribution < 1.29 is 9.21 Å². The van der Waals surface area contributed by atoms with Crippen LogP contribution in [-0.2, 0) is 6.54 Å². The summed E-state index contributed by atoms with van der Waals surface area (Å²) in [4.78, 5) is 29.7. The van der Waals surface area contributed by atoms with E-state index in [0.29, 0.717) is 18.0 Å². The molecule has 7 heteroatoms. The van der Waals surface area contributed by atoms with Crippen molar-refractivity contribution in [2.45, 2.75) is 12.6 Å². The molecular weight excluding hydrogens is 342 g/mol. The molecule has 1 amide bonds. The zero-order valence-corrected chi connectivity index (χ0v) is 14.2. The van der Waals surface area contributed by atoms with Crippen LogP contribution in [0.15, 0.2) is 72.3 Å². The van der Waals surface area contributed by atoms with Gasteiger partial charge in [0.15, 0.2) is 12.2 Å². The number of amides is 1. The molecule has 1 aliphatic heterocycles. The molecule has 4 aromatic rings. The number of benzene rings is 1. The Labute approximate surface area is 154 Å². The Kier molecular flexibility index (Phi) is 3.57. The molecule has 4 heterocycles. The summed E-state index contributed by atoms with van der Waals surface area (Å²) < 4.78 is 5.55. The first kappa shape index (κ1) is 15.5. The third kappa shape index (κ3) is 2.60. The van der Waals surface area contributed by atoms with Gasteiger partial charge in [-0.3, -0.25) is 9.78 Å². The summed E-state index contributed by atoms with van der Waals surface area (Å²) in [5, 5.41) is 0. The largest absolute Gasteiger partial charge is 0.446 e. The molecule has 5 rings (SSSR count). The number of nitrogens with one attached hydrogen (secondary N) is 1. The van der Waals surface area contributed by atoms with Gasteiger partial charge in [-0.2, -0.15) is 0 Å². The van der Waals surface area contributed by atoms with Crippen LogP contribution in [0.1, 0.15) is 33.4 Å². The number of hydrogen-bond acceptors (Lipinski definition) is 5. The van der Waals surface area contributed by atoms with Crippen LogP contribution in [0.3, 0.4) is 0 Å². The van der Waals surface area contributed by atoms with E-state index in [1.54, 1.807) is 23.5 Å². The standard InChI is InChI=1S/C20H15N5O2/c26-20(17-8-22-11-24-17)25-10-15-7-14(13-3-5-21-6-4-13)1-2-16(15)19(25)18-9-23-12-27-18/h1-9,11-12,19H,10H2,(H,22,24)/t19-/m1/s1. The predicted octanol–water partition coefficient (Wildman–Crippen LogP) is 3.21. The van der Waals surface area contributed by atoms with Gasteiger partial charge in [0.2, 0.25) is 0 Å². The molecule has 0 fully saturated rings. The third-order valence-electron chi connectivity index (χ3n) is 4.81. The minimum Gasteiger partial charge on any atom is -0.446 e. The Bertz CT molecular complexity index is 1080. The van der Waals surface area contributed by atoms with Crippen LogP contribution >= 0.6 is 0 Å². The first-order chi connectivity index (χ1) is 13.3. The molecule has 0 saturated carbocycles. The molecular formula is C20H15N5O2. The van der Waals surface area contributed by atoms with E-state index in [1.807, 2.05) is 12.1 Å². The molecule has 7 nitrogen and oxygen atoms in total. The van der Waals surface area contributed by atoms with Crippen molar-refractivity contribution in [1.82, 2.24) is 24.8 Å². The van der Waals surface area contributed by atoms with Gasteiger partial charge in [0, 0.05) is 18.9 Å². The molecule has 1 N–H and O–H groups in total. The number of carbonyl (C=O) groups is 1. The molecule has 0 unspecified atom stereocenters. The molecule has 0 radical (unpaired) electrons. The fraction of sp³-hybridized carbons (Fsp3) is 0.100. The zero-order valence-electron chi connectivity index (χ0n) is 14.2. The zero-order chi connectivity index (χ0) is 18.2. The van der Waals surface area contributed by atoms with Crippen LogP contribution in [0.5, 0.6) is 0 Å². The van der Waals surface area contributed by atoms with Gasteiger partial charge in [-0.1, -0.05) is 12.1 Å². The highest BCUT2D eigenvalue weighted by molar-refractivity contribution is 5.93. The van der Waals surface area contributed by atoms with E-state index in [4.69, 9.17) is 4.42 Å². The highest BCUT2D eigenvalue weighted by atomic mass is 16.3. The molecule has 1 atom stereocenters. The Morgan fingerprint density at radius 3 is 2.70 bits per heavy atom. The van der Waals surface area contributed by atoms with Crippen LogP contribution in [0.2, 0.25) is 0 Å². The summed E-state index contributed by atoms with van der Waals surface area (Å²) in [6.07, 6.45) is 9.62. The predicted molar refractivity (Wildman–Crippen MR) is 96.5 cm³/mol. The number of rotatable bonds is 3.